The van der Waals surface area contributed by atoms with E-state index in [1.54, 1.807) is 11.3 Å². The number of rotatable bonds is 5. The normalized spacial score (nSPS) is 17.5. The number of nitrogens with one attached hydrogen (secondary N) is 1. The number of hydrogen-bond donors (Lipinski definition) is 1. The minimum Gasteiger partial charge on any atom is -0.307 e. The first kappa shape index (κ1) is 14.4. The summed E-state index contributed by atoms with van der Waals surface area (Å²) in [6, 6.07) is 13.2. The Bertz CT molecular complexity index is 952. The first-order chi connectivity index (χ1) is 11.8. The molecule has 2 aliphatic rings. The number of hydrogen-bond acceptors (Lipinski definition) is 4. The minimum atomic E-state index is 0.133. The lowest BCUT2D eigenvalue weighted by molar-refractivity contribution is 0.581. The quantitative estimate of drug-likeness (QED) is 0.772. The van der Waals surface area contributed by atoms with Gasteiger partial charge in [-0.3, -0.25) is 9.36 Å². The number of fused-ring (bicyclic) bond motifs is 1. The molecule has 0 unspecified atom stereocenters. The molecular formula is C19H19N3OS. The third kappa shape index (κ3) is 2.58. The van der Waals surface area contributed by atoms with Crippen molar-refractivity contribution < 1.29 is 0 Å². The molecule has 0 spiro atoms. The van der Waals surface area contributed by atoms with Crippen LogP contribution in [0.2, 0.25) is 0 Å². The smallest absolute Gasteiger partial charge is 0.262 e. The molecule has 5 heteroatoms. The van der Waals surface area contributed by atoms with Gasteiger partial charge in [-0.15, -0.1) is 11.3 Å². The van der Waals surface area contributed by atoms with Crippen molar-refractivity contribution in [2.24, 2.45) is 0 Å². The van der Waals surface area contributed by atoms with Gasteiger partial charge < -0.3 is 5.32 Å². The Morgan fingerprint density at radius 2 is 1.96 bits per heavy atom. The second-order valence-electron chi connectivity index (χ2n) is 6.79. The molecule has 4 nitrogen and oxygen atoms in total. The molecule has 0 saturated heterocycles. The highest BCUT2D eigenvalue weighted by molar-refractivity contribution is 7.21. The van der Waals surface area contributed by atoms with Crippen molar-refractivity contribution in [3.63, 3.8) is 0 Å². The Hall–Kier alpha value is -1.98. The molecule has 2 saturated carbocycles. The van der Waals surface area contributed by atoms with Crippen LogP contribution in [0.1, 0.15) is 37.5 Å². The lowest BCUT2D eigenvalue weighted by Gasteiger charge is -2.11. The van der Waals surface area contributed by atoms with E-state index < -0.39 is 0 Å². The Morgan fingerprint density at radius 3 is 2.67 bits per heavy atom. The SMILES string of the molecule is O=c1c2cc(-c3ccccc3)sc2nc(CNC2CC2)n1C1CC1. The van der Waals surface area contributed by atoms with Crippen LogP contribution in [0.5, 0.6) is 0 Å². The molecule has 0 bridgehead atoms. The summed E-state index contributed by atoms with van der Waals surface area (Å²) in [4.78, 5) is 19.9. The predicted molar refractivity (Wildman–Crippen MR) is 97.4 cm³/mol. The van der Waals surface area contributed by atoms with Gasteiger partial charge in [0.15, 0.2) is 0 Å². The van der Waals surface area contributed by atoms with Gasteiger partial charge in [-0.1, -0.05) is 30.3 Å². The highest BCUT2D eigenvalue weighted by atomic mass is 32.1. The van der Waals surface area contributed by atoms with Crippen molar-refractivity contribution in [2.45, 2.75) is 44.3 Å². The van der Waals surface area contributed by atoms with Crippen molar-refractivity contribution in [2.75, 3.05) is 0 Å². The average Bonchev–Trinajstić information content (AvgIpc) is 3.52. The van der Waals surface area contributed by atoms with Crippen LogP contribution in [0.4, 0.5) is 0 Å². The highest BCUT2D eigenvalue weighted by Crippen LogP contribution is 2.36. The van der Waals surface area contributed by atoms with Crippen molar-refractivity contribution in [1.29, 1.82) is 0 Å². The van der Waals surface area contributed by atoms with Gasteiger partial charge in [-0.25, -0.2) is 4.98 Å². The first-order valence-electron chi connectivity index (χ1n) is 8.63. The summed E-state index contributed by atoms with van der Waals surface area (Å²) in [5.74, 6) is 0.906. The largest absolute Gasteiger partial charge is 0.307 e. The molecular weight excluding hydrogens is 318 g/mol. The Balaban J connectivity index is 1.62. The Morgan fingerprint density at radius 1 is 1.17 bits per heavy atom. The third-order valence-electron chi connectivity index (χ3n) is 4.77. The first-order valence-corrected chi connectivity index (χ1v) is 9.45. The third-order valence-corrected chi connectivity index (χ3v) is 5.84. The molecule has 122 valence electrons. The standard InChI is InChI=1S/C19H19N3OS/c23-19-15-10-16(12-4-2-1-3-5-12)24-18(15)21-17(11-20-13-6-7-13)22(19)14-8-9-14/h1-5,10,13-14,20H,6-9,11H2. The van der Waals surface area contributed by atoms with Crippen molar-refractivity contribution >= 4 is 21.6 Å². The van der Waals surface area contributed by atoms with Crippen molar-refractivity contribution in [3.05, 3.63) is 52.6 Å². The summed E-state index contributed by atoms with van der Waals surface area (Å²) in [7, 11) is 0. The Kier molecular flexibility index (Phi) is 3.31. The molecule has 2 aromatic heterocycles. The van der Waals surface area contributed by atoms with E-state index >= 15 is 0 Å². The van der Waals surface area contributed by atoms with E-state index in [9.17, 15) is 4.79 Å². The van der Waals surface area contributed by atoms with Gasteiger partial charge in [0.2, 0.25) is 0 Å². The monoisotopic (exact) mass is 337 g/mol. The molecule has 2 fully saturated rings. The highest BCUT2D eigenvalue weighted by Gasteiger charge is 2.29. The number of thiophene rings is 1. The number of nitrogens with zero attached hydrogens (tertiary/aromatic N) is 2. The van der Waals surface area contributed by atoms with Crippen LogP contribution in [0, 0.1) is 0 Å². The molecule has 0 amide bonds. The maximum absolute atomic E-state index is 13.0. The molecule has 1 N–H and O–H groups in total. The van der Waals surface area contributed by atoms with Crippen LogP contribution >= 0.6 is 11.3 Å². The second kappa shape index (κ2) is 5.53. The second-order valence-corrected chi connectivity index (χ2v) is 7.82. The van der Waals surface area contributed by atoms with Gasteiger partial charge in [0.05, 0.1) is 11.9 Å². The van der Waals surface area contributed by atoms with Crippen LogP contribution in [0.3, 0.4) is 0 Å². The molecule has 0 atom stereocenters. The molecule has 3 aromatic rings. The lowest BCUT2D eigenvalue weighted by atomic mass is 10.2. The van der Waals surface area contributed by atoms with Crippen molar-refractivity contribution in [1.82, 2.24) is 14.9 Å². The molecule has 1 aromatic carbocycles. The minimum absolute atomic E-state index is 0.133. The topological polar surface area (TPSA) is 46.9 Å². The fourth-order valence-corrected chi connectivity index (χ4v) is 4.18. The van der Waals surface area contributed by atoms with E-state index in [-0.39, 0.29) is 5.56 Å². The van der Waals surface area contributed by atoms with Crippen LogP contribution < -0.4 is 10.9 Å². The maximum Gasteiger partial charge on any atom is 0.262 e. The summed E-state index contributed by atoms with van der Waals surface area (Å²) in [5.41, 5.74) is 1.28. The molecule has 5 rings (SSSR count). The van der Waals surface area contributed by atoms with Gasteiger partial charge in [0, 0.05) is 17.0 Å². The summed E-state index contributed by atoms with van der Waals surface area (Å²) < 4.78 is 1.94. The lowest BCUT2D eigenvalue weighted by Crippen LogP contribution is -2.28. The number of aromatic nitrogens is 2. The van der Waals surface area contributed by atoms with E-state index in [1.807, 2.05) is 28.8 Å². The molecule has 0 aliphatic heterocycles. The zero-order chi connectivity index (χ0) is 16.1. The average molecular weight is 337 g/mol. The fourth-order valence-electron chi connectivity index (χ4n) is 3.14. The fraction of sp³-hybridized carbons (Fsp3) is 0.368. The van der Waals surface area contributed by atoms with Gasteiger partial charge in [0.1, 0.15) is 10.7 Å². The van der Waals surface area contributed by atoms with Crippen LogP contribution in [0.15, 0.2) is 41.2 Å². The summed E-state index contributed by atoms with van der Waals surface area (Å²) in [5, 5.41) is 4.27. The summed E-state index contributed by atoms with van der Waals surface area (Å²) in [6.07, 6.45) is 4.68. The Labute approximate surface area is 144 Å². The number of benzene rings is 1. The van der Waals surface area contributed by atoms with E-state index in [0.717, 1.165) is 39.3 Å². The predicted octanol–water partition coefficient (Wildman–Crippen LogP) is 3.71. The van der Waals surface area contributed by atoms with Gasteiger partial charge in [-0.2, -0.15) is 0 Å². The van der Waals surface area contributed by atoms with E-state index in [1.165, 1.54) is 12.8 Å². The zero-order valence-electron chi connectivity index (χ0n) is 13.4. The molecule has 0 radical (unpaired) electrons. The maximum atomic E-state index is 13.0. The summed E-state index contributed by atoms with van der Waals surface area (Å²) in [6.45, 7) is 0.699. The zero-order valence-corrected chi connectivity index (χ0v) is 14.2. The summed E-state index contributed by atoms with van der Waals surface area (Å²) >= 11 is 1.62. The van der Waals surface area contributed by atoms with E-state index in [4.69, 9.17) is 4.98 Å². The van der Waals surface area contributed by atoms with Gasteiger partial charge in [0.25, 0.3) is 5.56 Å². The van der Waals surface area contributed by atoms with Crippen LogP contribution in [0.25, 0.3) is 20.7 Å². The van der Waals surface area contributed by atoms with Crippen LogP contribution in [-0.4, -0.2) is 15.6 Å². The van der Waals surface area contributed by atoms with Gasteiger partial charge >= 0.3 is 0 Å². The molecule has 2 heterocycles. The van der Waals surface area contributed by atoms with Crippen molar-refractivity contribution in [3.8, 4) is 10.4 Å². The van der Waals surface area contributed by atoms with Gasteiger partial charge in [-0.05, 0) is 37.3 Å². The van der Waals surface area contributed by atoms with E-state index in [2.05, 4.69) is 17.4 Å². The molecule has 2 aliphatic carbocycles. The molecule has 24 heavy (non-hydrogen) atoms. The van der Waals surface area contributed by atoms with E-state index in [0.29, 0.717) is 18.6 Å². The van der Waals surface area contributed by atoms with Crippen LogP contribution in [-0.2, 0) is 6.54 Å².